The Hall–Kier alpha value is -1.82. The summed E-state index contributed by atoms with van der Waals surface area (Å²) in [4.78, 5) is 15.6. The van der Waals surface area contributed by atoms with Gasteiger partial charge < -0.3 is 20.3 Å². The standard InChI is InChI=1S/C15H24FN3O2/c1-5-19(8-6-7-18(2)3)14-9-11(15(20)21-4)13(17)10-12(14)16/h9-10H,5-8,17H2,1-4H3. The maximum Gasteiger partial charge on any atom is 0.340 e. The summed E-state index contributed by atoms with van der Waals surface area (Å²) in [6.45, 7) is 4.21. The van der Waals surface area contributed by atoms with Crippen molar-refractivity contribution in [1.29, 1.82) is 0 Å². The van der Waals surface area contributed by atoms with Gasteiger partial charge in [-0.2, -0.15) is 0 Å². The van der Waals surface area contributed by atoms with Crippen LogP contribution in [0.25, 0.3) is 0 Å². The molecule has 0 bridgehead atoms. The molecule has 0 aliphatic carbocycles. The van der Waals surface area contributed by atoms with Gasteiger partial charge in [-0.25, -0.2) is 9.18 Å². The molecule has 0 fully saturated rings. The lowest BCUT2D eigenvalue weighted by Crippen LogP contribution is -2.28. The molecular formula is C15H24FN3O2. The van der Waals surface area contributed by atoms with Gasteiger partial charge in [-0.15, -0.1) is 0 Å². The molecule has 6 heteroatoms. The molecule has 0 unspecified atom stereocenters. The van der Waals surface area contributed by atoms with Crippen molar-refractivity contribution in [2.45, 2.75) is 13.3 Å². The van der Waals surface area contributed by atoms with Gasteiger partial charge >= 0.3 is 5.97 Å². The largest absolute Gasteiger partial charge is 0.465 e. The minimum absolute atomic E-state index is 0.0902. The van der Waals surface area contributed by atoms with E-state index in [0.29, 0.717) is 18.8 Å². The second kappa shape index (κ2) is 7.83. The van der Waals surface area contributed by atoms with Gasteiger partial charge in [0.2, 0.25) is 0 Å². The Morgan fingerprint density at radius 2 is 2.00 bits per heavy atom. The lowest BCUT2D eigenvalue weighted by Gasteiger charge is -2.25. The molecule has 1 rings (SSSR count). The SMILES string of the molecule is CCN(CCCN(C)C)c1cc(C(=O)OC)c(N)cc1F. The van der Waals surface area contributed by atoms with E-state index >= 15 is 0 Å². The molecule has 0 radical (unpaired) electrons. The molecule has 0 aromatic heterocycles. The van der Waals surface area contributed by atoms with Crippen molar-refractivity contribution in [3.05, 3.63) is 23.5 Å². The summed E-state index contributed by atoms with van der Waals surface area (Å²) in [5.74, 6) is -0.982. The van der Waals surface area contributed by atoms with Crippen molar-refractivity contribution in [3.63, 3.8) is 0 Å². The number of benzene rings is 1. The molecule has 0 saturated carbocycles. The Morgan fingerprint density at radius 1 is 1.33 bits per heavy atom. The van der Waals surface area contributed by atoms with Gasteiger partial charge in [-0.3, -0.25) is 0 Å². The summed E-state index contributed by atoms with van der Waals surface area (Å²) in [7, 11) is 5.27. The molecule has 0 heterocycles. The van der Waals surface area contributed by atoms with Crippen LogP contribution in [0.1, 0.15) is 23.7 Å². The number of nitrogens with zero attached hydrogens (tertiary/aromatic N) is 2. The molecule has 2 N–H and O–H groups in total. The van der Waals surface area contributed by atoms with Gasteiger partial charge in [0.05, 0.1) is 18.4 Å². The predicted molar refractivity (Wildman–Crippen MR) is 83.2 cm³/mol. The quantitative estimate of drug-likeness (QED) is 0.616. The molecule has 1 aromatic carbocycles. The molecule has 0 aliphatic heterocycles. The fraction of sp³-hybridized carbons (Fsp3) is 0.533. The van der Waals surface area contributed by atoms with Gasteiger partial charge in [-0.1, -0.05) is 0 Å². The van der Waals surface area contributed by atoms with Crippen LogP contribution >= 0.6 is 0 Å². The Bertz CT molecular complexity index is 492. The van der Waals surface area contributed by atoms with E-state index in [1.165, 1.54) is 19.2 Å². The van der Waals surface area contributed by atoms with Gasteiger partial charge in [0.1, 0.15) is 5.82 Å². The molecule has 0 amide bonds. The first-order valence-electron chi connectivity index (χ1n) is 6.97. The number of anilines is 2. The van der Waals surface area contributed by atoms with Crippen molar-refractivity contribution in [3.8, 4) is 0 Å². The van der Waals surface area contributed by atoms with E-state index in [1.807, 2.05) is 25.9 Å². The molecule has 1 aromatic rings. The summed E-state index contributed by atoms with van der Waals surface area (Å²) in [6.07, 6.45) is 0.901. The lowest BCUT2D eigenvalue weighted by atomic mass is 10.1. The average Bonchev–Trinajstić information content (AvgIpc) is 2.43. The molecular weight excluding hydrogens is 273 g/mol. The van der Waals surface area contributed by atoms with Crippen LogP contribution in [0, 0.1) is 5.82 Å². The topological polar surface area (TPSA) is 58.8 Å². The van der Waals surface area contributed by atoms with E-state index in [-0.39, 0.29) is 11.3 Å². The summed E-state index contributed by atoms with van der Waals surface area (Å²) in [6, 6.07) is 2.64. The number of rotatable bonds is 7. The van der Waals surface area contributed by atoms with Crippen LogP contribution in [0.15, 0.2) is 12.1 Å². The number of hydrogen-bond donors (Lipinski definition) is 1. The zero-order valence-electron chi connectivity index (χ0n) is 13.1. The van der Waals surface area contributed by atoms with E-state index in [4.69, 9.17) is 5.73 Å². The van der Waals surface area contributed by atoms with Crippen molar-refractivity contribution in [2.75, 3.05) is 51.5 Å². The van der Waals surface area contributed by atoms with Crippen LogP contribution in [-0.4, -0.2) is 51.7 Å². The first kappa shape index (κ1) is 17.2. The first-order chi connectivity index (χ1) is 9.90. The summed E-state index contributed by atoms with van der Waals surface area (Å²) < 4.78 is 18.8. The van der Waals surface area contributed by atoms with Crippen LogP contribution < -0.4 is 10.6 Å². The highest BCUT2D eigenvalue weighted by molar-refractivity contribution is 5.96. The van der Waals surface area contributed by atoms with E-state index in [0.717, 1.165) is 13.0 Å². The minimum atomic E-state index is -0.557. The van der Waals surface area contributed by atoms with Crippen molar-refractivity contribution in [2.24, 2.45) is 0 Å². The fourth-order valence-corrected chi connectivity index (χ4v) is 2.13. The van der Waals surface area contributed by atoms with Crippen molar-refractivity contribution >= 4 is 17.3 Å². The van der Waals surface area contributed by atoms with Gasteiger partial charge in [0.15, 0.2) is 0 Å². The average molecular weight is 297 g/mol. The third-order valence-corrected chi connectivity index (χ3v) is 3.28. The highest BCUT2D eigenvalue weighted by atomic mass is 19.1. The van der Waals surface area contributed by atoms with E-state index in [2.05, 4.69) is 9.64 Å². The number of nitrogens with two attached hydrogens (primary N) is 1. The predicted octanol–water partition coefficient (Wildman–Crippen LogP) is 1.97. The smallest absolute Gasteiger partial charge is 0.340 e. The monoisotopic (exact) mass is 297 g/mol. The molecule has 0 atom stereocenters. The third kappa shape index (κ3) is 4.60. The molecule has 118 valence electrons. The van der Waals surface area contributed by atoms with E-state index < -0.39 is 11.8 Å². The van der Waals surface area contributed by atoms with Crippen LogP contribution in [0.3, 0.4) is 0 Å². The number of methoxy groups -OCH3 is 1. The van der Waals surface area contributed by atoms with Gasteiger partial charge in [-0.05, 0) is 46.1 Å². The van der Waals surface area contributed by atoms with Gasteiger partial charge in [0, 0.05) is 18.8 Å². The van der Waals surface area contributed by atoms with E-state index in [1.54, 1.807) is 0 Å². The molecule has 0 saturated heterocycles. The Kier molecular flexibility index (Phi) is 6.42. The van der Waals surface area contributed by atoms with Crippen LogP contribution in [0.5, 0.6) is 0 Å². The van der Waals surface area contributed by atoms with Crippen molar-refractivity contribution < 1.29 is 13.9 Å². The Morgan fingerprint density at radius 3 is 2.52 bits per heavy atom. The number of ether oxygens (including phenoxy) is 1. The lowest BCUT2D eigenvalue weighted by molar-refractivity contribution is 0.0602. The normalized spacial score (nSPS) is 10.8. The number of esters is 1. The third-order valence-electron chi connectivity index (χ3n) is 3.28. The Balaban J connectivity index is 3.00. The summed E-state index contributed by atoms with van der Waals surface area (Å²) in [5, 5.41) is 0. The zero-order chi connectivity index (χ0) is 16.0. The highest BCUT2D eigenvalue weighted by Crippen LogP contribution is 2.26. The first-order valence-corrected chi connectivity index (χ1v) is 6.97. The number of carbonyl (C=O) groups excluding carboxylic acids is 1. The number of nitrogen functional groups attached to an aromatic ring is 1. The second-order valence-corrected chi connectivity index (χ2v) is 5.12. The van der Waals surface area contributed by atoms with Crippen LogP contribution in [0.2, 0.25) is 0 Å². The second-order valence-electron chi connectivity index (χ2n) is 5.12. The Labute approximate surface area is 125 Å². The molecule has 0 spiro atoms. The van der Waals surface area contributed by atoms with Crippen LogP contribution in [0.4, 0.5) is 15.8 Å². The molecule has 0 aliphatic rings. The van der Waals surface area contributed by atoms with Crippen LogP contribution in [-0.2, 0) is 4.74 Å². The van der Waals surface area contributed by atoms with E-state index in [9.17, 15) is 9.18 Å². The highest BCUT2D eigenvalue weighted by Gasteiger charge is 2.17. The molecule has 5 nitrogen and oxygen atoms in total. The summed E-state index contributed by atoms with van der Waals surface area (Å²) in [5.41, 5.74) is 6.35. The number of carbonyl (C=O) groups is 1. The van der Waals surface area contributed by atoms with Crippen molar-refractivity contribution in [1.82, 2.24) is 4.90 Å². The molecule has 21 heavy (non-hydrogen) atoms. The maximum absolute atomic E-state index is 14.1. The number of hydrogen-bond acceptors (Lipinski definition) is 5. The summed E-state index contributed by atoms with van der Waals surface area (Å²) >= 11 is 0. The maximum atomic E-state index is 14.1. The number of halogens is 1. The van der Waals surface area contributed by atoms with Gasteiger partial charge in [0.25, 0.3) is 0 Å². The minimum Gasteiger partial charge on any atom is -0.465 e. The fourth-order valence-electron chi connectivity index (χ4n) is 2.13. The zero-order valence-corrected chi connectivity index (χ0v) is 13.1.